The summed E-state index contributed by atoms with van der Waals surface area (Å²) >= 11 is 0. The van der Waals surface area contributed by atoms with Gasteiger partial charge >= 0.3 is 0 Å². The van der Waals surface area contributed by atoms with Gasteiger partial charge in [0.05, 0.1) is 5.92 Å². The van der Waals surface area contributed by atoms with Gasteiger partial charge < -0.3 is 4.90 Å². The number of rotatable bonds is 2. The molecule has 1 heterocycles. The number of amides is 2. The maximum Gasteiger partial charge on any atom is 0.239 e. The highest BCUT2D eigenvalue weighted by molar-refractivity contribution is 6.00. The van der Waals surface area contributed by atoms with Crippen LogP contribution >= 0.6 is 0 Å². The SMILES string of the molecule is Cc1ccc(C)c(N2CC(C(=O)NN)CC2=O)c1. The van der Waals surface area contributed by atoms with Crippen molar-refractivity contribution in [3.8, 4) is 0 Å². The number of hydrazine groups is 1. The molecule has 1 aromatic carbocycles. The van der Waals surface area contributed by atoms with Crippen molar-refractivity contribution in [2.24, 2.45) is 11.8 Å². The van der Waals surface area contributed by atoms with Gasteiger partial charge in [0.25, 0.3) is 0 Å². The first-order valence-electron chi connectivity index (χ1n) is 5.91. The molecule has 1 unspecified atom stereocenters. The zero-order chi connectivity index (χ0) is 13.3. The van der Waals surface area contributed by atoms with E-state index in [9.17, 15) is 9.59 Å². The molecule has 0 radical (unpaired) electrons. The number of aryl methyl sites for hydroxylation is 2. The first-order chi connectivity index (χ1) is 8.52. The molecule has 0 bridgehead atoms. The Kier molecular flexibility index (Phi) is 3.34. The summed E-state index contributed by atoms with van der Waals surface area (Å²) in [4.78, 5) is 25.1. The summed E-state index contributed by atoms with van der Waals surface area (Å²) in [6.45, 7) is 4.33. The van der Waals surface area contributed by atoms with E-state index in [4.69, 9.17) is 5.84 Å². The lowest BCUT2D eigenvalue weighted by molar-refractivity contribution is -0.126. The van der Waals surface area contributed by atoms with Crippen molar-refractivity contribution < 1.29 is 9.59 Å². The summed E-state index contributed by atoms with van der Waals surface area (Å²) in [6.07, 6.45) is 0.219. The highest BCUT2D eigenvalue weighted by Gasteiger charge is 2.35. The largest absolute Gasteiger partial charge is 0.311 e. The first-order valence-corrected chi connectivity index (χ1v) is 5.91. The van der Waals surface area contributed by atoms with E-state index in [2.05, 4.69) is 5.43 Å². The number of nitrogens with one attached hydrogen (secondary N) is 1. The van der Waals surface area contributed by atoms with Crippen molar-refractivity contribution in [1.82, 2.24) is 5.43 Å². The number of carbonyl (C=O) groups excluding carboxylic acids is 2. The summed E-state index contributed by atoms with van der Waals surface area (Å²) in [5, 5.41) is 0. The number of hydrogen-bond acceptors (Lipinski definition) is 3. The third kappa shape index (κ3) is 2.22. The fourth-order valence-electron chi connectivity index (χ4n) is 2.24. The molecule has 3 N–H and O–H groups in total. The molecule has 0 saturated carbocycles. The van der Waals surface area contributed by atoms with Crippen molar-refractivity contribution in [1.29, 1.82) is 0 Å². The van der Waals surface area contributed by atoms with Gasteiger partial charge in [-0.2, -0.15) is 0 Å². The van der Waals surface area contributed by atoms with Crippen molar-refractivity contribution in [2.45, 2.75) is 20.3 Å². The second-order valence-electron chi connectivity index (χ2n) is 4.70. The van der Waals surface area contributed by atoms with E-state index in [0.717, 1.165) is 16.8 Å². The van der Waals surface area contributed by atoms with E-state index in [1.807, 2.05) is 32.0 Å². The third-order valence-corrected chi connectivity index (χ3v) is 3.29. The van der Waals surface area contributed by atoms with Crippen LogP contribution in [0.5, 0.6) is 0 Å². The molecule has 0 aliphatic carbocycles. The van der Waals surface area contributed by atoms with E-state index in [1.165, 1.54) is 0 Å². The van der Waals surface area contributed by atoms with E-state index >= 15 is 0 Å². The van der Waals surface area contributed by atoms with Crippen LogP contribution in [0.4, 0.5) is 5.69 Å². The summed E-state index contributed by atoms with van der Waals surface area (Å²) in [5.74, 6) is 4.44. The maximum absolute atomic E-state index is 12.0. The lowest BCUT2D eigenvalue weighted by Gasteiger charge is -2.19. The Morgan fingerprint density at radius 2 is 2.17 bits per heavy atom. The quantitative estimate of drug-likeness (QED) is 0.457. The Bertz CT molecular complexity index is 499. The van der Waals surface area contributed by atoms with Gasteiger partial charge in [-0.25, -0.2) is 5.84 Å². The number of nitrogens with zero attached hydrogens (tertiary/aromatic N) is 1. The Hall–Kier alpha value is -1.88. The topological polar surface area (TPSA) is 75.4 Å². The van der Waals surface area contributed by atoms with Gasteiger partial charge in [0.15, 0.2) is 0 Å². The highest BCUT2D eigenvalue weighted by atomic mass is 16.2. The summed E-state index contributed by atoms with van der Waals surface area (Å²) < 4.78 is 0. The predicted octanol–water partition coefficient (Wildman–Crippen LogP) is 0.646. The zero-order valence-electron chi connectivity index (χ0n) is 10.6. The van der Waals surface area contributed by atoms with Crippen LogP contribution in [-0.4, -0.2) is 18.4 Å². The van der Waals surface area contributed by atoms with Gasteiger partial charge in [0.2, 0.25) is 11.8 Å². The van der Waals surface area contributed by atoms with Gasteiger partial charge in [0.1, 0.15) is 0 Å². The first kappa shape index (κ1) is 12.6. The molecule has 5 nitrogen and oxygen atoms in total. The summed E-state index contributed by atoms with van der Waals surface area (Å²) in [5.41, 5.74) is 5.11. The maximum atomic E-state index is 12.0. The highest BCUT2D eigenvalue weighted by Crippen LogP contribution is 2.28. The molecule has 1 aliphatic heterocycles. The lowest BCUT2D eigenvalue weighted by atomic mass is 10.1. The Labute approximate surface area is 106 Å². The Morgan fingerprint density at radius 1 is 1.44 bits per heavy atom. The molecule has 18 heavy (non-hydrogen) atoms. The van der Waals surface area contributed by atoms with Crippen molar-refractivity contribution in [3.05, 3.63) is 29.3 Å². The second kappa shape index (κ2) is 4.78. The molecule has 0 spiro atoms. The molecule has 1 aliphatic rings. The van der Waals surface area contributed by atoms with Crippen LogP contribution in [0.2, 0.25) is 0 Å². The van der Waals surface area contributed by atoms with Gasteiger partial charge in [-0.1, -0.05) is 12.1 Å². The number of nitrogens with two attached hydrogens (primary N) is 1. The fraction of sp³-hybridized carbons (Fsp3) is 0.385. The van der Waals surface area contributed by atoms with Gasteiger partial charge in [-0.3, -0.25) is 15.0 Å². The lowest BCUT2D eigenvalue weighted by Crippen LogP contribution is -2.37. The average Bonchev–Trinajstić information content (AvgIpc) is 2.73. The van der Waals surface area contributed by atoms with Gasteiger partial charge in [-0.05, 0) is 31.0 Å². The Morgan fingerprint density at radius 3 is 2.83 bits per heavy atom. The van der Waals surface area contributed by atoms with Crippen molar-refractivity contribution in [2.75, 3.05) is 11.4 Å². The van der Waals surface area contributed by atoms with Crippen LogP contribution < -0.4 is 16.2 Å². The molecule has 1 saturated heterocycles. The summed E-state index contributed by atoms with van der Waals surface area (Å²) in [7, 11) is 0. The van der Waals surface area contributed by atoms with Crippen LogP contribution in [0.15, 0.2) is 18.2 Å². The standard InChI is InChI=1S/C13H17N3O2/c1-8-3-4-9(2)11(5-8)16-7-10(6-12(16)17)13(18)15-14/h3-5,10H,6-7,14H2,1-2H3,(H,15,18). The Balaban J connectivity index is 2.27. The van der Waals surface area contributed by atoms with Crippen molar-refractivity contribution in [3.63, 3.8) is 0 Å². The average molecular weight is 247 g/mol. The number of benzene rings is 1. The molecule has 2 rings (SSSR count). The minimum atomic E-state index is -0.359. The molecule has 1 fully saturated rings. The number of anilines is 1. The second-order valence-corrected chi connectivity index (χ2v) is 4.70. The molecule has 1 aromatic rings. The van der Waals surface area contributed by atoms with Crippen LogP contribution in [0.3, 0.4) is 0 Å². The van der Waals surface area contributed by atoms with Crippen LogP contribution in [-0.2, 0) is 9.59 Å². The number of hydrogen-bond donors (Lipinski definition) is 2. The van der Waals surface area contributed by atoms with E-state index in [-0.39, 0.29) is 24.2 Å². The van der Waals surface area contributed by atoms with E-state index in [1.54, 1.807) is 4.90 Å². The monoisotopic (exact) mass is 247 g/mol. The normalized spacial score (nSPS) is 19.2. The van der Waals surface area contributed by atoms with Crippen molar-refractivity contribution >= 4 is 17.5 Å². The third-order valence-electron chi connectivity index (χ3n) is 3.29. The van der Waals surface area contributed by atoms with E-state index < -0.39 is 0 Å². The molecular weight excluding hydrogens is 230 g/mol. The molecule has 5 heteroatoms. The molecule has 0 aromatic heterocycles. The molecule has 96 valence electrons. The molecule has 1 atom stereocenters. The van der Waals surface area contributed by atoms with Crippen LogP contribution in [0, 0.1) is 19.8 Å². The van der Waals surface area contributed by atoms with E-state index in [0.29, 0.717) is 6.54 Å². The minimum absolute atomic E-state index is 0.0303. The number of carbonyl (C=O) groups is 2. The molecular formula is C13H17N3O2. The fourth-order valence-corrected chi connectivity index (χ4v) is 2.24. The predicted molar refractivity (Wildman–Crippen MR) is 68.7 cm³/mol. The zero-order valence-corrected chi connectivity index (χ0v) is 10.6. The van der Waals surface area contributed by atoms with Crippen LogP contribution in [0.1, 0.15) is 17.5 Å². The van der Waals surface area contributed by atoms with Gasteiger partial charge in [0, 0.05) is 18.7 Å². The smallest absolute Gasteiger partial charge is 0.239 e. The minimum Gasteiger partial charge on any atom is -0.311 e. The van der Waals surface area contributed by atoms with Gasteiger partial charge in [-0.15, -0.1) is 0 Å². The molecule has 2 amide bonds. The van der Waals surface area contributed by atoms with Crippen LogP contribution in [0.25, 0.3) is 0 Å². The summed E-state index contributed by atoms with van der Waals surface area (Å²) in [6, 6.07) is 5.95.